The fraction of sp³-hybridized carbons (Fsp3) is 0.778. The van der Waals surface area contributed by atoms with E-state index in [1.165, 1.54) is 0 Å². The van der Waals surface area contributed by atoms with Crippen LogP contribution in [0.5, 0.6) is 0 Å². The van der Waals surface area contributed by atoms with E-state index in [9.17, 15) is 9.59 Å². The average Bonchev–Trinajstić information content (AvgIpc) is 2.47. The van der Waals surface area contributed by atoms with Gasteiger partial charge in [-0.05, 0) is 59.3 Å². The predicted octanol–water partition coefficient (Wildman–Crippen LogP) is 3.92. The molecule has 0 aromatic heterocycles. The number of carbonyl (C=O) groups is 2. The minimum absolute atomic E-state index is 0.207. The fourth-order valence-corrected chi connectivity index (χ4v) is 2.58. The van der Waals surface area contributed by atoms with Gasteiger partial charge in [0, 0.05) is 18.7 Å². The molecule has 5 nitrogen and oxygen atoms in total. The van der Waals surface area contributed by atoms with Crippen molar-refractivity contribution in [2.45, 2.75) is 65.9 Å². The number of piperidine rings is 1. The summed E-state index contributed by atoms with van der Waals surface area (Å²) in [5.41, 5.74) is 0.299. The Kier molecular flexibility index (Phi) is 7.59. The molecule has 132 valence electrons. The van der Waals surface area contributed by atoms with E-state index in [1.807, 2.05) is 40.7 Å². The highest BCUT2D eigenvalue weighted by Gasteiger charge is 2.26. The van der Waals surface area contributed by atoms with Crippen LogP contribution in [-0.4, -0.2) is 42.3 Å². The van der Waals surface area contributed by atoms with Crippen molar-refractivity contribution in [2.24, 2.45) is 5.92 Å². The summed E-state index contributed by atoms with van der Waals surface area (Å²) < 4.78 is 10.5. The largest absolute Gasteiger partial charge is 0.463 e. The Labute approximate surface area is 140 Å². The number of rotatable bonds is 5. The number of carbonyl (C=O) groups excluding carboxylic acids is 2. The van der Waals surface area contributed by atoms with Crippen LogP contribution in [-0.2, 0) is 14.3 Å². The van der Waals surface area contributed by atoms with Gasteiger partial charge < -0.3 is 14.4 Å². The SMILES string of the molecule is CCOC(=O)/C(=C/CC1CCN(C(=O)OC(C)(C)C)CC1)CC. The van der Waals surface area contributed by atoms with E-state index in [2.05, 4.69) is 0 Å². The minimum Gasteiger partial charge on any atom is -0.463 e. The molecule has 23 heavy (non-hydrogen) atoms. The molecule has 5 heteroatoms. The number of hydrogen-bond acceptors (Lipinski definition) is 4. The molecule has 1 fully saturated rings. The van der Waals surface area contributed by atoms with E-state index in [1.54, 1.807) is 4.90 Å². The lowest BCUT2D eigenvalue weighted by Crippen LogP contribution is -2.41. The molecule has 1 amide bonds. The van der Waals surface area contributed by atoms with Crippen LogP contribution in [0.25, 0.3) is 0 Å². The van der Waals surface area contributed by atoms with Crippen molar-refractivity contribution in [2.75, 3.05) is 19.7 Å². The summed E-state index contributed by atoms with van der Waals surface area (Å²) in [6, 6.07) is 0. The lowest BCUT2D eigenvalue weighted by atomic mass is 9.92. The van der Waals surface area contributed by atoms with E-state index in [0.29, 0.717) is 32.0 Å². The summed E-state index contributed by atoms with van der Waals surface area (Å²) in [6.07, 6.45) is 5.21. The normalized spacial score (nSPS) is 17.1. The Morgan fingerprint density at radius 2 is 1.78 bits per heavy atom. The number of nitrogens with zero attached hydrogens (tertiary/aromatic N) is 1. The van der Waals surface area contributed by atoms with Crippen LogP contribution >= 0.6 is 0 Å². The topological polar surface area (TPSA) is 55.8 Å². The Morgan fingerprint density at radius 1 is 1.17 bits per heavy atom. The summed E-state index contributed by atoms with van der Waals surface area (Å²) >= 11 is 0. The van der Waals surface area contributed by atoms with Crippen molar-refractivity contribution < 1.29 is 19.1 Å². The molecule has 0 unspecified atom stereocenters. The number of esters is 1. The second-order valence-electron chi connectivity index (χ2n) is 6.95. The Balaban J connectivity index is 2.44. The lowest BCUT2D eigenvalue weighted by molar-refractivity contribution is -0.138. The highest BCUT2D eigenvalue weighted by molar-refractivity contribution is 5.88. The number of hydrogen-bond donors (Lipinski definition) is 0. The van der Waals surface area contributed by atoms with Crippen LogP contribution in [0.1, 0.15) is 60.3 Å². The molecule has 0 aromatic rings. The zero-order valence-electron chi connectivity index (χ0n) is 15.2. The van der Waals surface area contributed by atoms with Crippen LogP contribution in [0.3, 0.4) is 0 Å². The van der Waals surface area contributed by atoms with Crippen molar-refractivity contribution in [3.05, 3.63) is 11.6 Å². The van der Waals surface area contributed by atoms with E-state index in [4.69, 9.17) is 9.47 Å². The standard InChI is InChI=1S/C18H31NO4/c1-6-15(16(20)22-7-2)9-8-14-10-12-19(13-11-14)17(21)23-18(3,4)5/h9,14H,6-8,10-13H2,1-5H3/b15-9+. The van der Waals surface area contributed by atoms with Crippen LogP contribution in [0.2, 0.25) is 0 Å². The predicted molar refractivity (Wildman–Crippen MR) is 90.2 cm³/mol. The van der Waals surface area contributed by atoms with Gasteiger partial charge in [-0.2, -0.15) is 0 Å². The summed E-state index contributed by atoms with van der Waals surface area (Å²) in [5, 5.41) is 0. The van der Waals surface area contributed by atoms with E-state index in [-0.39, 0.29) is 12.1 Å². The maximum Gasteiger partial charge on any atom is 0.410 e. The first kappa shape index (κ1) is 19.5. The summed E-state index contributed by atoms with van der Waals surface area (Å²) in [6.45, 7) is 11.3. The molecule has 0 spiro atoms. The molecular formula is C18H31NO4. The van der Waals surface area contributed by atoms with Gasteiger partial charge in [0.05, 0.1) is 6.61 Å². The van der Waals surface area contributed by atoms with E-state index < -0.39 is 5.60 Å². The van der Waals surface area contributed by atoms with Crippen LogP contribution in [0.15, 0.2) is 11.6 Å². The molecule has 1 heterocycles. The van der Waals surface area contributed by atoms with Crippen LogP contribution < -0.4 is 0 Å². The smallest absolute Gasteiger partial charge is 0.410 e. The Hall–Kier alpha value is -1.52. The third-order valence-corrected chi connectivity index (χ3v) is 3.88. The van der Waals surface area contributed by atoms with Gasteiger partial charge in [-0.3, -0.25) is 0 Å². The first-order valence-corrected chi connectivity index (χ1v) is 8.60. The van der Waals surface area contributed by atoms with Crippen molar-refractivity contribution in [3.63, 3.8) is 0 Å². The fourth-order valence-electron chi connectivity index (χ4n) is 2.58. The highest BCUT2D eigenvalue weighted by Crippen LogP contribution is 2.23. The molecular weight excluding hydrogens is 294 g/mol. The molecule has 1 rings (SSSR count). The summed E-state index contributed by atoms with van der Waals surface area (Å²) in [7, 11) is 0. The molecule has 0 bridgehead atoms. The van der Waals surface area contributed by atoms with Gasteiger partial charge >= 0.3 is 12.1 Å². The van der Waals surface area contributed by atoms with Crippen molar-refractivity contribution in [1.82, 2.24) is 4.90 Å². The molecule has 0 aromatic carbocycles. The molecule has 0 aliphatic carbocycles. The highest BCUT2D eigenvalue weighted by atomic mass is 16.6. The quantitative estimate of drug-likeness (QED) is 0.568. The third kappa shape index (κ3) is 7.06. The zero-order valence-corrected chi connectivity index (χ0v) is 15.2. The minimum atomic E-state index is -0.452. The summed E-state index contributed by atoms with van der Waals surface area (Å²) in [5.74, 6) is 0.297. The van der Waals surface area contributed by atoms with Crippen molar-refractivity contribution in [3.8, 4) is 0 Å². The molecule has 0 atom stereocenters. The Morgan fingerprint density at radius 3 is 2.26 bits per heavy atom. The van der Waals surface area contributed by atoms with Gasteiger partial charge in [0.15, 0.2) is 0 Å². The van der Waals surface area contributed by atoms with Crippen LogP contribution in [0.4, 0.5) is 4.79 Å². The lowest BCUT2D eigenvalue weighted by Gasteiger charge is -2.33. The third-order valence-electron chi connectivity index (χ3n) is 3.88. The number of ether oxygens (including phenoxy) is 2. The first-order valence-electron chi connectivity index (χ1n) is 8.60. The molecule has 0 radical (unpaired) electrons. The van der Waals surface area contributed by atoms with Gasteiger partial charge in [-0.15, -0.1) is 0 Å². The van der Waals surface area contributed by atoms with E-state index >= 15 is 0 Å². The molecule has 0 N–H and O–H groups in total. The van der Waals surface area contributed by atoms with E-state index in [0.717, 1.165) is 24.8 Å². The van der Waals surface area contributed by atoms with Gasteiger partial charge in [-0.25, -0.2) is 9.59 Å². The van der Waals surface area contributed by atoms with Gasteiger partial charge in [-0.1, -0.05) is 13.0 Å². The summed E-state index contributed by atoms with van der Waals surface area (Å²) in [4.78, 5) is 25.6. The zero-order chi connectivity index (χ0) is 17.5. The van der Waals surface area contributed by atoms with Gasteiger partial charge in [0.2, 0.25) is 0 Å². The number of likely N-dealkylation sites (tertiary alicyclic amines) is 1. The van der Waals surface area contributed by atoms with Crippen LogP contribution in [0, 0.1) is 5.92 Å². The first-order chi connectivity index (χ1) is 10.8. The maximum atomic E-state index is 12.0. The van der Waals surface area contributed by atoms with Gasteiger partial charge in [0.1, 0.15) is 5.60 Å². The number of amides is 1. The molecule has 1 saturated heterocycles. The van der Waals surface area contributed by atoms with Gasteiger partial charge in [0.25, 0.3) is 0 Å². The maximum absolute atomic E-state index is 12.0. The molecule has 1 aliphatic heterocycles. The monoisotopic (exact) mass is 325 g/mol. The molecule has 1 aliphatic rings. The second-order valence-corrected chi connectivity index (χ2v) is 6.95. The average molecular weight is 325 g/mol. The van der Waals surface area contributed by atoms with Crippen molar-refractivity contribution in [1.29, 1.82) is 0 Å². The van der Waals surface area contributed by atoms with Crippen molar-refractivity contribution >= 4 is 12.1 Å². The Bertz CT molecular complexity index is 429. The second kappa shape index (κ2) is 8.94. The number of allylic oxidation sites excluding steroid dienone is 1. The molecule has 0 saturated carbocycles.